The SMILES string of the molecule is COC(=O)[C@]1(C)CC[C@]2(C(=O)O)CC[C@]3(C)C(=CC[C@@H]4[C@]5(C)C[C@H](O)[C@H](O[C@@H]6OC[C@H](O)[C@H](O)[C@@H]6O)[C@](C)(CO)[C@@H]5CC[C@@]43C)[C@@H]2C1. The summed E-state index contributed by atoms with van der Waals surface area (Å²) in [4.78, 5) is 26.1. The zero-order valence-electron chi connectivity index (χ0n) is 28.8. The molecule has 11 nitrogen and oxygen atoms in total. The van der Waals surface area contributed by atoms with E-state index in [9.17, 15) is 40.2 Å². The summed E-state index contributed by atoms with van der Waals surface area (Å²) in [5.74, 6) is -1.29. The second kappa shape index (κ2) is 11.5. The van der Waals surface area contributed by atoms with E-state index in [2.05, 4.69) is 26.8 Å². The lowest BCUT2D eigenvalue weighted by molar-refractivity contribution is -0.328. The average molecular weight is 665 g/mol. The van der Waals surface area contributed by atoms with Gasteiger partial charge in [-0.3, -0.25) is 9.59 Å². The van der Waals surface area contributed by atoms with Gasteiger partial charge in [0.1, 0.15) is 18.3 Å². The normalized spacial score (nSPS) is 54.2. The third-order valence-corrected chi connectivity index (χ3v) is 15.3. The van der Waals surface area contributed by atoms with Crippen LogP contribution in [0, 0.1) is 50.2 Å². The number of rotatable bonds is 5. The van der Waals surface area contributed by atoms with Crippen molar-refractivity contribution in [1.82, 2.24) is 0 Å². The van der Waals surface area contributed by atoms with Crippen molar-refractivity contribution < 1.29 is 54.4 Å². The predicted octanol–water partition coefficient (Wildman–Crippen LogP) is 2.79. The van der Waals surface area contributed by atoms with Gasteiger partial charge in [-0.05, 0) is 98.7 Å². The highest BCUT2D eigenvalue weighted by Crippen LogP contribution is 2.76. The third kappa shape index (κ3) is 4.69. The van der Waals surface area contributed by atoms with Crippen LogP contribution in [0.5, 0.6) is 0 Å². The van der Waals surface area contributed by atoms with Crippen LogP contribution in [-0.4, -0.2) is 99.7 Å². The average Bonchev–Trinajstić information content (AvgIpc) is 3.02. The quantitative estimate of drug-likeness (QED) is 0.144. The number of fused-ring (bicyclic) bond motifs is 7. The van der Waals surface area contributed by atoms with Crippen molar-refractivity contribution in [3.63, 3.8) is 0 Å². The van der Waals surface area contributed by atoms with E-state index in [1.807, 2.05) is 13.8 Å². The first kappa shape index (κ1) is 35.2. The zero-order chi connectivity index (χ0) is 34.5. The van der Waals surface area contributed by atoms with Crippen LogP contribution in [0.4, 0.5) is 0 Å². The highest BCUT2D eigenvalue weighted by Gasteiger charge is 2.71. The second-order valence-corrected chi connectivity index (χ2v) is 17.3. The maximum atomic E-state index is 13.1. The summed E-state index contributed by atoms with van der Waals surface area (Å²) in [5.41, 5.74) is -2.39. The van der Waals surface area contributed by atoms with Gasteiger partial charge in [-0.1, -0.05) is 39.3 Å². The summed E-state index contributed by atoms with van der Waals surface area (Å²) >= 11 is 0. The van der Waals surface area contributed by atoms with Crippen molar-refractivity contribution >= 4 is 11.9 Å². The van der Waals surface area contributed by atoms with E-state index in [4.69, 9.17) is 14.2 Å². The van der Waals surface area contributed by atoms with E-state index in [1.54, 1.807) is 0 Å². The minimum absolute atomic E-state index is 0.0553. The van der Waals surface area contributed by atoms with E-state index < -0.39 is 64.4 Å². The summed E-state index contributed by atoms with van der Waals surface area (Å²) in [5, 5.41) is 64.3. The van der Waals surface area contributed by atoms with Crippen molar-refractivity contribution in [3.05, 3.63) is 11.6 Å². The van der Waals surface area contributed by atoms with Crippen LogP contribution in [0.15, 0.2) is 11.6 Å². The molecule has 0 aromatic carbocycles. The molecule has 1 aliphatic heterocycles. The number of esters is 1. The largest absolute Gasteiger partial charge is 0.481 e. The predicted molar refractivity (Wildman–Crippen MR) is 168 cm³/mol. The summed E-state index contributed by atoms with van der Waals surface area (Å²) in [7, 11) is 1.40. The molecule has 0 aromatic rings. The van der Waals surface area contributed by atoms with Gasteiger partial charge in [0, 0.05) is 5.41 Å². The molecular weight excluding hydrogens is 608 g/mol. The number of carboxylic acids is 1. The number of hydrogen-bond acceptors (Lipinski definition) is 10. The first-order valence-electron chi connectivity index (χ1n) is 17.5. The van der Waals surface area contributed by atoms with E-state index in [-0.39, 0.29) is 47.8 Å². The lowest BCUT2D eigenvalue weighted by Crippen LogP contribution is -2.69. The number of carboxylic acid groups (broad SMARTS) is 1. The Bertz CT molecular complexity index is 1300. The van der Waals surface area contributed by atoms with Gasteiger partial charge < -0.3 is 44.8 Å². The molecule has 0 bridgehead atoms. The molecule has 5 fully saturated rings. The maximum absolute atomic E-state index is 13.1. The van der Waals surface area contributed by atoms with E-state index in [0.717, 1.165) is 24.8 Å². The Morgan fingerprint density at radius 3 is 2.23 bits per heavy atom. The fourth-order valence-corrected chi connectivity index (χ4v) is 12.3. The number of aliphatic carboxylic acids is 1. The lowest BCUT2D eigenvalue weighted by atomic mass is 9.33. The standard InChI is InChI=1S/C36H56O11/c1-31(30(44)45-6)11-13-36(29(42)43)14-12-34(4)19(20(36)15-31)7-8-24-32(2)16-21(38)27(47-28-26(41)25(40)22(39)17-46-28)33(3,18-37)23(32)9-10-35(24,34)5/h7,20-28,37-41H,8-18H2,1-6H3,(H,42,43)/t20-,21-,22-,23+,24+,25-,26-,27-,28-,31+,32+,33+,34+,35-,36-/m0/s1. The van der Waals surface area contributed by atoms with Gasteiger partial charge >= 0.3 is 11.9 Å². The molecule has 0 amide bonds. The summed E-state index contributed by atoms with van der Waals surface area (Å²) < 4.78 is 17.0. The molecule has 0 unspecified atom stereocenters. The van der Waals surface area contributed by atoms with E-state index >= 15 is 0 Å². The maximum Gasteiger partial charge on any atom is 0.311 e. The Kier molecular flexibility index (Phi) is 8.60. The Balaban J connectivity index is 1.35. The number of methoxy groups -OCH3 is 1. The number of aliphatic hydroxyl groups is 5. The van der Waals surface area contributed by atoms with E-state index in [0.29, 0.717) is 38.5 Å². The molecule has 5 aliphatic carbocycles. The van der Waals surface area contributed by atoms with Gasteiger partial charge in [-0.2, -0.15) is 0 Å². The summed E-state index contributed by atoms with van der Waals surface area (Å²) in [6, 6.07) is 0. The third-order valence-electron chi connectivity index (χ3n) is 15.3. The zero-order valence-corrected chi connectivity index (χ0v) is 28.8. The van der Waals surface area contributed by atoms with Gasteiger partial charge in [0.15, 0.2) is 6.29 Å². The monoisotopic (exact) mass is 664 g/mol. The Labute approximate surface area is 277 Å². The smallest absolute Gasteiger partial charge is 0.311 e. The van der Waals surface area contributed by atoms with Crippen LogP contribution in [0.25, 0.3) is 0 Å². The fourth-order valence-electron chi connectivity index (χ4n) is 12.3. The minimum Gasteiger partial charge on any atom is -0.481 e. The van der Waals surface area contributed by atoms with Crippen molar-refractivity contribution in [3.8, 4) is 0 Å². The topological polar surface area (TPSA) is 183 Å². The molecule has 11 heteroatoms. The van der Waals surface area contributed by atoms with Crippen LogP contribution in [0.3, 0.4) is 0 Å². The molecule has 0 radical (unpaired) electrons. The van der Waals surface area contributed by atoms with Crippen LogP contribution in [0.2, 0.25) is 0 Å². The molecule has 6 aliphatic rings. The van der Waals surface area contributed by atoms with E-state index in [1.165, 1.54) is 7.11 Å². The molecule has 6 N–H and O–H groups in total. The molecular formula is C36H56O11. The number of carbonyl (C=O) groups excluding carboxylic acids is 1. The number of allylic oxidation sites excluding steroid dienone is 2. The molecule has 0 spiro atoms. The molecule has 1 saturated heterocycles. The molecule has 6 rings (SSSR count). The van der Waals surface area contributed by atoms with Crippen LogP contribution in [0.1, 0.15) is 92.4 Å². The Hall–Kier alpha value is -1.60. The van der Waals surface area contributed by atoms with Crippen molar-refractivity contribution in [1.29, 1.82) is 0 Å². The van der Waals surface area contributed by atoms with Crippen LogP contribution in [-0.2, 0) is 23.8 Å². The van der Waals surface area contributed by atoms with Gasteiger partial charge in [0.25, 0.3) is 0 Å². The Morgan fingerprint density at radius 2 is 1.60 bits per heavy atom. The first-order valence-corrected chi connectivity index (χ1v) is 17.5. The van der Waals surface area contributed by atoms with Crippen LogP contribution < -0.4 is 0 Å². The number of aliphatic hydroxyl groups excluding tert-OH is 5. The number of carbonyl (C=O) groups is 2. The highest BCUT2D eigenvalue weighted by molar-refractivity contribution is 5.80. The van der Waals surface area contributed by atoms with Gasteiger partial charge in [-0.25, -0.2) is 0 Å². The van der Waals surface area contributed by atoms with Crippen LogP contribution >= 0.6 is 0 Å². The van der Waals surface area contributed by atoms with Gasteiger partial charge in [0.05, 0.1) is 43.4 Å². The van der Waals surface area contributed by atoms with Gasteiger partial charge in [0.2, 0.25) is 0 Å². The van der Waals surface area contributed by atoms with Gasteiger partial charge in [-0.15, -0.1) is 0 Å². The van der Waals surface area contributed by atoms with Crippen molar-refractivity contribution in [2.45, 2.75) is 129 Å². The minimum atomic E-state index is -1.51. The number of ether oxygens (including phenoxy) is 3. The lowest BCUT2D eigenvalue weighted by Gasteiger charge is -2.71. The summed E-state index contributed by atoms with van der Waals surface area (Å²) in [6.45, 7) is 10.2. The fraction of sp³-hybridized carbons (Fsp3) is 0.889. The molecule has 15 atom stereocenters. The number of hydrogen-bond donors (Lipinski definition) is 6. The molecule has 47 heavy (non-hydrogen) atoms. The van der Waals surface area contributed by atoms with Crippen molar-refractivity contribution in [2.24, 2.45) is 50.2 Å². The molecule has 1 heterocycles. The second-order valence-electron chi connectivity index (χ2n) is 17.3. The first-order chi connectivity index (χ1) is 21.9. The highest BCUT2D eigenvalue weighted by atomic mass is 16.7. The Morgan fingerprint density at radius 1 is 0.915 bits per heavy atom. The molecule has 4 saturated carbocycles. The molecule has 266 valence electrons. The van der Waals surface area contributed by atoms with Crippen molar-refractivity contribution in [2.75, 3.05) is 20.3 Å². The summed E-state index contributed by atoms with van der Waals surface area (Å²) in [6.07, 6.45) is 0.204. The molecule has 0 aromatic heterocycles.